The van der Waals surface area contributed by atoms with Gasteiger partial charge in [-0.3, -0.25) is 4.79 Å². The normalized spacial score (nSPS) is 16.4. The van der Waals surface area contributed by atoms with Crippen molar-refractivity contribution >= 4 is 27.6 Å². The molecule has 2 N–H and O–H groups in total. The molecule has 2 rings (SSSR count). The van der Waals surface area contributed by atoms with Gasteiger partial charge >= 0.3 is 5.97 Å². The minimum absolute atomic E-state index is 0.440. The Morgan fingerprint density at radius 1 is 1.59 bits per heavy atom. The zero-order valence-electron chi connectivity index (χ0n) is 9.50. The van der Waals surface area contributed by atoms with Gasteiger partial charge < -0.3 is 15.2 Å². The van der Waals surface area contributed by atoms with Crippen molar-refractivity contribution in [2.24, 2.45) is 5.41 Å². The number of carboxylic acid groups (broad SMARTS) is 1. The standard InChI is InChI=1S/C12H14BrNO3/c1-17-10-3-2-8(13)6-9(10)14-7-12(4-5-12)11(15)16/h2-3,6,14H,4-5,7H2,1H3,(H,15,16). The highest BCUT2D eigenvalue weighted by Crippen LogP contribution is 2.46. The quantitative estimate of drug-likeness (QED) is 0.878. The summed E-state index contributed by atoms with van der Waals surface area (Å²) >= 11 is 3.38. The van der Waals surface area contributed by atoms with Crippen LogP contribution in [0.15, 0.2) is 22.7 Å². The van der Waals surface area contributed by atoms with Crippen LogP contribution in [0.1, 0.15) is 12.8 Å². The van der Waals surface area contributed by atoms with E-state index >= 15 is 0 Å². The summed E-state index contributed by atoms with van der Waals surface area (Å²) in [5, 5.41) is 12.2. The van der Waals surface area contributed by atoms with Gasteiger partial charge in [-0.15, -0.1) is 0 Å². The number of hydrogen-bond acceptors (Lipinski definition) is 3. The zero-order chi connectivity index (χ0) is 12.5. The molecule has 0 heterocycles. The largest absolute Gasteiger partial charge is 0.495 e. The zero-order valence-corrected chi connectivity index (χ0v) is 11.1. The maximum atomic E-state index is 11.0. The second kappa shape index (κ2) is 4.56. The van der Waals surface area contributed by atoms with Crippen LogP contribution < -0.4 is 10.1 Å². The minimum atomic E-state index is -0.723. The van der Waals surface area contributed by atoms with E-state index in [4.69, 9.17) is 9.84 Å². The molecule has 4 nitrogen and oxygen atoms in total. The van der Waals surface area contributed by atoms with E-state index in [1.165, 1.54) is 0 Å². The van der Waals surface area contributed by atoms with Crippen LogP contribution in [0.2, 0.25) is 0 Å². The van der Waals surface area contributed by atoms with Crippen molar-refractivity contribution < 1.29 is 14.6 Å². The molecule has 0 unspecified atom stereocenters. The minimum Gasteiger partial charge on any atom is -0.495 e. The first-order valence-electron chi connectivity index (χ1n) is 5.38. The SMILES string of the molecule is COc1ccc(Br)cc1NCC1(C(=O)O)CC1. The van der Waals surface area contributed by atoms with Gasteiger partial charge in [0.2, 0.25) is 0 Å². The predicted molar refractivity (Wildman–Crippen MR) is 68.5 cm³/mol. The molecule has 0 saturated heterocycles. The van der Waals surface area contributed by atoms with Gasteiger partial charge in [0, 0.05) is 11.0 Å². The molecule has 92 valence electrons. The summed E-state index contributed by atoms with van der Waals surface area (Å²) < 4.78 is 6.15. The lowest BCUT2D eigenvalue weighted by molar-refractivity contribution is -0.142. The van der Waals surface area contributed by atoms with Crippen molar-refractivity contribution in [3.05, 3.63) is 22.7 Å². The van der Waals surface area contributed by atoms with Gasteiger partial charge in [-0.25, -0.2) is 0 Å². The third-order valence-corrected chi connectivity index (χ3v) is 3.58. The highest BCUT2D eigenvalue weighted by atomic mass is 79.9. The van der Waals surface area contributed by atoms with Crippen molar-refractivity contribution in [1.82, 2.24) is 0 Å². The molecule has 0 bridgehead atoms. The number of nitrogens with one attached hydrogen (secondary N) is 1. The Hall–Kier alpha value is -1.23. The molecular formula is C12H14BrNO3. The lowest BCUT2D eigenvalue weighted by Gasteiger charge is -2.15. The highest BCUT2D eigenvalue weighted by Gasteiger charge is 2.50. The van der Waals surface area contributed by atoms with E-state index in [2.05, 4.69) is 21.2 Å². The second-order valence-electron chi connectivity index (χ2n) is 4.28. The molecule has 17 heavy (non-hydrogen) atoms. The first-order valence-corrected chi connectivity index (χ1v) is 6.17. The summed E-state index contributed by atoms with van der Waals surface area (Å²) in [5.41, 5.74) is 0.238. The average molecular weight is 300 g/mol. The molecule has 5 heteroatoms. The van der Waals surface area contributed by atoms with Gasteiger partial charge in [0.05, 0.1) is 18.2 Å². The van der Waals surface area contributed by atoms with Crippen LogP contribution in [0.5, 0.6) is 5.75 Å². The molecule has 0 atom stereocenters. The van der Waals surface area contributed by atoms with Crippen molar-refractivity contribution in [1.29, 1.82) is 0 Å². The fourth-order valence-electron chi connectivity index (χ4n) is 1.70. The fourth-order valence-corrected chi connectivity index (χ4v) is 2.06. The summed E-state index contributed by atoms with van der Waals surface area (Å²) in [6.45, 7) is 0.440. The van der Waals surface area contributed by atoms with Gasteiger partial charge in [-0.05, 0) is 31.0 Å². The first kappa shape index (κ1) is 12.2. The molecule has 1 fully saturated rings. The lowest BCUT2D eigenvalue weighted by atomic mass is 10.1. The number of carbonyl (C=O) groups is 1. The number of halogens is 1. The van der Waals surface area contributed by atoms with Crippen molar-refractivity contribution in [3.63, 3.8) is 0 Å². The monoisotopic (exact) mass is 299 g/mol. The third kappa shape index (κ3) is 2.54. The Bertz CT molecular complexity index is 443. The van der Waals surface area contributed by atoms with E-state index in [0.717, 1.165) is 28.8 Å². The maximum absolute atomic E-state index is 11.0. The molecule has 0 radical (unpaired) electrons. The van der Waals surface area contributed by atoms with Gasteiger partial charge in [0.15, 0.2) is 0 Å². The second-order valence-corrected chi connectivity index (χ2v) is 5.20. The number of hydrogen-bond donors (Lipinski definition) is 2. The van der Waals surface area contributed by atoms with E-state index < -0.39 is 11.4 Å². The molecule has 1 aliphatic carbocycles. The van der Waals surface area contributed by atoms with Crippen molar-refractivity contribution in [2.45, 2.75) is 12.8 Å². The fraction of sp³-hybridized carbons (Fsp3) is 0.417. The van der Waals surface area contributed by atoms with Gasteiger partial charge in [0.25, 0.3) is 0 Å². The third-order valence-electron chi connectivity index (χ3n) is 3.09. The highest BCUT2D eigenvalue weighted by molar-refractivity contribution is 9.10. The first-order chi connectivity index (χ1) is 8.07. The summed E-state index contributed by atoms with van der Waals surface area (Å²) in [6.07, 6.45) is 1.48. The molecule has 1 aromatic rings. The summed E-state index contributed by atoms with van der Waals surface area (Å²) in [5.74, 6) is -0.00616. The van der Waals surface area contributed by atoms with Gasteiger partial charge in [-0.1, -0.05) is 15.9 Å². The average Bonchev–Trinajstić information content (AvgIpc) is 3.07. The topological polar surface area (TPSA) is 58.6 Å². The number of aliphatic carboxylic acids is 1. The van der Waals surface area contributed by atoms with Crippen LogP contribution in [0.25, 0.3) is 0 Å². The molecular weight excluding hydrogens is 286 g/mol. The van der Waals surface area contributed by atoms with Crippen LogP contribution in [0.3, 0.4) is 0 Å². The van der Waals surface area contributed by atoms with E-state index in [1.807, 2.05) is 18.2 Å². The van der Waals surface area contributed by atoms with E-state index in [1.54, 1.807) is 7.11 Å². The predicted octanol–water partition coefficient (Wildman–Crippen LogP) is 2.73. The number of ether oxygens (including phenoxy) is 1. The molecule has 1 aromatic carbocycles. The lowest BCUT2D eigenvalue weighted by Crippen LogP contribution is -2.24. The van der Waals surface area contributed by atoms with E-state index in [0.29, 0.717) is 6.54 Å². The van der Waals surface area contributed by atoms with Crippen LogP contribution in [-0.2, 0) is 4.79 Å². The molecule has 1 aliphatic rings. The summed E-state index contributed by atoms with van der Waals surface area (Å²) in [6, 6.07) is 5.61. The Balaban J connectivity index is 2.08. The van der Waals surface area contributed by atoms with E-state index in [9.17, 15) is 4.79 Å². The van der Waals surface area contributed by atoms with Gasteiger partial charge in [0.1, 0.15) is 5.75 Å². The number of carboxylic acids is 1. The number of methoxy groups -OCH3 is 1. The van der Waals surface area contributed by atoms with Crippen LogP contribution in [0, 0.1) is 5.41 Å². The van der Waals surface area contributed by atoms with Crippen molar-refractivity contribution in [3.8, 4) is 5.75 Å². The Morgan fingerprint density at radius 2 is 2.29 bits per heavy atom. The Labute approximate surface area is 108 Å². The van der Waals surface area contributed by atoms with Crippen LogP contribution >= 0.6 is 15.9 Å². The molecule has 0 amide bonds. The number of benzene rings is 1. The van der Waals surface area contributed by atoms with E-state index in [-0.39, 0.29) is 0 Å². The number of anilines is 1. The maximum Gasteiger partial charge on any atom is 0.311 e. The Morgan fingerprint density at radius 3 is 2.82 bits per heavy atom. The van der Waals surface area contributed by atoms with Crippen LogP contribution in [-0.4, -0.2) is 24.7 Å². The molecule has 0 aromatic heterocycles. The summed E-state index contributed by atoms with van der Waals surface area (Å²) in [4.78, 5) is 11.0. The molecule has 1 saturated carbocycles. The smallest absolute Gasteiger partial charge is 0.311 e. The van der Waals surface area contributed by atoms with Crippen LogP contribution in [0.4, 0.5) is 5.69 Å². The van der Waals surface area contributed by atoms with Crippen molar-refractivity contribution in [2.75, 3.05) is 19.0 Å². The number of rotatable bonds is 5. The molecule has 0 aliphatic heterocycles. The Kier molecular flexibility index (Phi) is 3.28. The van der Waals surface area contributed by atoms with Gasteiger partial charge in [-0.2, -0.15) is 0 Å². The molecule has 0 spiro atoms. The summed E-state index contributed by atoms with van der Waals surface area (Å²) in [7, 11) is 1.60.